The zero-order chi connectivity index (χ0) is 17.7. The van der Waals surface area contributed by atoms with Crippen LogP contribution in [0.15, 0.2) is 36.4 Å². The van der Waals surface area contributed by atoms with Gasteiger partial charge in [0.25, 0.3) is 0 Å². The van der Waals surface area contributed by atoms with Crippen LogP contribution in [0, 0.1) is 11.6 Å². The SMILES string of the molecule is COc1cc(F)c(C(C)NCC(O)c2ccccc2F)cc1OC. The molecule has 2 aromatic carbocycles. The molecule has 0 aliphatic rings. The van der Waals surface area contributed by atoms with Crippen molar-refractivity contribution in [1.29, 1.82) is 0 Å². The van der Waals surface area contributed by atoms with Crippen molar-refractivity contribution in [3.8, 4) is 11.5 Å². The number of methoxy groups -OCH3 is 2. The summed E-state index contributed by atoms with van der Waals surface area (Å²) in [6.45, 7) is 1.83. The standard InChI is InChI=1S/C18H21F2NO3/c1-11(13-8-17(23-2)18(24-3)9-15(13)20)21-10-16(22)12-6-4-5-7-14(12)19/h4-9,11,16,21-22H,10H2,1-3H3. The highest BCUT2D eigenvalue weighted by Gasteiger charge is 2.18. The van der Waals surface area contributed by atoms with Gasteiger partial charge < -0.3 is 19.9 Å². The molecule has 0 aromatic heterocycles. The fraction of sp³-hybridized carbons (Fsp3) is 0.333. The van der Waals surface area contributed by atoms with E-state index in [0.717, 1.165) is 0 Å². The van der Waals surface area contributed by atoms with Crippen molar-refractivity contribution >= 4 is 0 Å². The summed E-state index contributed by atoms with van der Waals surface area (Å²) >= 11 is 0. The van der Waals surface area contributed by atoms with Gasteiger partial charge in [0, 0.05) is 29.8 Å². The van der Waals surface area contributed by atoms with Crippen LogP contribution in [0.1, 0.15) is 30.2 Å². The zero-order valence-corrected chi connectivity index (χ0v) is 13.8. The Bertz CT molecular complexity index is 694. The molecular formula is C18H21F2NO3. The maximum absolute atomic E-state index is 14.2. The smallest absolute Gasteiger partial charge is 0.163 e. The lowest BCUT2D eigenvalue weighted by molar-refractivity contribution is 0.166. The molecule has 0 aliphatic heterocycles. The van der Waals surface area contributed by atoms with Crippen LogP contribution >= 0.6 is 0 Å². The maximum atomic E-state index is 14.2. The van der Waals surface area contributed by atoms with E-state index in [9.17, 15) is 13.9 Å². The highest BCUT2D eigenvalue weighted by Crippen LogP contribution is 2.32. The Labute approximate surface area is 140 Å². The summed E-state index contributed by atoms with van der Waals surface area (Å²) in [5.41, 5.74) is 0.568. The van der Waals surface area contributed by atoms with E-state index in [1.807, 2.05) is 0 Å². The number of nitrogens with one attached hydrogen (secondary N) is 1. The molecule has 24 heavy (non-hydrogen) atoms. The van der Waals surface area contributed by atoms with Gasteiger partial charge in [-0.2, -0.15) is 0 Å². The fourth-order valence-corrected chi connectivity index (χ4v) is 2.46. The Kier molecular flexibility index (Phi) is 6.11. The molecule has 2 unspecified atom stereocenters. The van der Waals surface area contributed by atoms with Gasteiger partial charge in [-0.3, -0.25) is 0 Å². The van der Waals surface area contributed by atoms with Crippen LogP contribution in [0.5, 0.6) is 11.5 Å². The highest BCUT2D eigenvalue weighted by molar-refractivity contribution is 5.44. The van der Waals surface area contributed by atoms with Crippen LogP contribution in [0.25, 0.3) is 0 Å². The Balaban J connectivity index is 2.10. The molecule has 130 valence electrons. The predicted molar refractivity (Wildman–Crippen MR) is 87.3 cm³/mol. The summed E-state index contributed by atoms with van der Waals surface area (Å²) in [7, 11) is 2.91. The molecular weight excluding hydrogens is 316 g/mol. The van der Waals surface area contributed by atoms with E-state index >= 15 is 0 Å². The average Bonchev–Trinajstić information content (AvgIpc) is 2.59. The number of aliphatic hydroxyl groups excluding tert-OH is 1. The quantitative estimate of drug-likeness (QED) is 0.813. The summed E-state index contributed by atoms with van der Waals surface area (Å²) < 4.78 is 38.1. The lowest BCUT2D eigenvalue weighted by Crippen LogP contribution is -2.25. The molecule has 0 amide bonds. The lowest BCUT2D eigenvalue weighted by atomic mass is 10.0. The van der Waals surface area contributed by atoms with E-state index in [1.54, 1.807) is 25.1 Å². The van der Waals surface area contributed by atoms with Crippen molar-refractivity contribution in [3.63, 3.8) is 0 Å². The Morgan fingerprint density at radius 1 is 1.00 bits per heavy atom. The van der Waals surface area contributed by atoms with Crippen molar-refractivity contribution in [2.24, 2.45) is 0 Å². The normalized spacial score (nSPS) is 13.4. The second kappa shape index (κ2) is 8.08. The number of rotatable bonds is 7. The van der Waals surface area contributed by atoms with Crippen molar-refractivity contribution in [2.45, 2.75) is 19.1 Å². The minimum absolute atomic E-state index is 0.0793. The Morgan fingerprint density at radius 2 is 1.62 bits per heavy atom. The first-order valence-corrected chi connectivity index (χ1v) is 7.55. The van der Waals surface area contributed by atoms with Gasteiger partial charge in [0.05, 0.1) is 20.3 Å². The summed E-state index contributed by atoms with van der Waals surface area (Å²) in [5.74, 6) is -0.209. The van der Waals surface area contributed by atoms with Crippen LogP contribution in [0.2, 0.25) is 0 Å². The summed E-state index contributed by atoms with van der Waals surface area (Å²) in [6, 6.07) is 8.39. The monoisotopic (exact) mass is 337 g/mol. The second-order valence-electron chi connectivity index (χ2n) is 5.40. The van der Waals surface area contributed by atoms with Crippen LogP contribution < -0.4 is 14.8 Å². The molecule has 0 bridgehead atoms. The van der Waals surface area contributed by atoms with Gasteiger partial charge in [0.1, 0.15) is 11.6 Å². The third-order valence-corrected chi connectivity index (χ3v) is 3.85. The summed E-state index contributed by atoms with van der Waals surface area (Å²) in [6.07, 6.45) is -1.03. The van der Waals surface area contributed by atoms with Crippen LogP contribution in [0.3, 0.4) is 0 Å². The van der Waals surface area contributed by atoms with Crippen molar-refractivity contribution in [2.75, 3.05) is 20.8 Å². The predicted octanol–water partition coefficient (Wildman–Crippen LogP) is 3.37. The molecule has 0 aliphatic carbocycles. The number of aliphatic hydroxyl groups is 1. The molecule has 4 nitrogen and oxygen atoms in total. The summed E-state index contributed by atoms with van der Waals surface area (Å²) in [5, 5.41) is 13.1. The molecule has 0 saturated carbocycles. The van der Waals surface area contributed by atoms with Crippen molar-refractivity contribution in [3.05, 3.63) is 59.2 Å². The van der Waals surface area contributed by atoms with Crippen molar-refractivity contribution in [1.82, 2.24) is 5.32 Å². The zero-order valence-electron chi connectivity index (χ0n) is 13.8. The molecule has 0 fully saturated rings. The van der Waals surface area contributed by atoms with Gasteiger partial charge in [-0.15, -0.1) is 0 Å². The van der Waals surface area contributed by atoms with E-state index in [-0.39, 0.29) is 12.1 Å². The number of ether oxygens (including phenoxy) is 2. The molecule has 0 heterocycles. The molecule has 2 rings (SSSR count). The van der Waals surface area contributed by atoms with Gasteiger partial charge in [-0.25, -0.2) is 8.78 Å². The molecule has 0 radical (unpaired) electrons. The average molecular weight is 337 g/mol. The van der Waals surface area contributed by atoms with E-state index in [1.165, 1.54) is 32.4 Å². The minimum Gasteiger partial charge on any atom is -0.493 e. The molecule has 0 spiro atoms. The third kappa shape index (κ3) is 4.01. The van der Waals surface area contributed by atoms with Crippen LogP contribution in [-0.4, -0.2) is 25.9 Å². The van der Waals surface area contributed by atoms with Gasteiger partial charge >= 0.3 is 0 Å². The third-order valence-electron chi connectivity index (χ3n) is 3.85. The Morgan fingerprint density at radius 3 is 2.25 bits per heavy atom. The fourth-order valence-electron chi connectivity index (χ4n) is 2.46. The maximum Gasteiger partial charge on any atom is 0.163 e. The highest BCUT2D eigenvalue weighted by atomic mass is 19.1. The van der Waals surface area contributed by atoms with E-state index < -0.39 is 23.8 Å². The van der Waals surface area contributed by atoms with Gasteiger partial charge in [0.2, 0.25) is 0 Å². The topological polar surface area (TPSA) is 50.7 Å². The number of hydrogen-bond acceptors (Lipinski definition) is 4. The number of hydrogen-bond donors (Lipinski definition) is 2. The van der Waals surface area contributed by atoms with E-state index in [2.05, 4.69) is 5.32 Å². The molecule has 0 saturated heterocycles. The largest absolute Gasteiger partial charge is 0.493 e. The molecule has 2 atom stereocenters. The van der Waals surface area contributed by atoms with Crippen molar-refractivity contribution < 1.29 is 23.4 Å². The van der Waals surface area contributed by atoms with Crippen LogP contribution in [-0.2, 0) is 0 Å². The molecule has 6 heteroatoms. The molecule has 2 aromatic rings. The minimum atomic E-state index is -1.03. The number of benzene rings is 2. The van der Waals surface area contributed by atoms with Gasteiger partial charge in [-0.1, -0.05) is 18.2 Å². The molecule has 2 N–H and O–H groups in total. The first-order chi connectivity index (χ1) is 11.5. The second-order valence-corrected chi connectivity index (χ2v) is 5.40. The summed E-state index contributed by atoms with van der Waals surface area (Å²) in [4.78, 5) is 0. The van der Waals surface area contributed by atoms with E-state index in [4.69, 9.17) is 9.47 Å². The van der Waals surface area contributed by atoms with Crippen LogP contribution in [0.4, 0.5) is 8.78 Å². The Hall–Kier alpha value is -2.18. The lowest BCUT2D eigenvalue weighted by Gasteiger charge is -2.20. The first-order valence-electron chi connectivity index (χ1n) is 7.55. The van der Waals surface area contributed by atoms with Gasteiger partial charge in [-0.05, 0) is 19.1 Å². The van der Waals surface area contributed by atoms with Gasteiger partial charge in [0.15, 0.2) is 11.5 Å². The number of halogens is 2. The van der Waals surface area contributed by atoms with E-state index in [0.29, 0.717) is 17.1 Å². The first kappa shape index (κ1) is 18.2.